The number of carbonyl (C=O) groups is 1. The molecule has 0 spiro atoms. The molecule has 4 heterocycles. The van der Waals surface area contributed by atoms with Crippen LogP contribution in [0.4, 0.5) is 0 Å². The Morgan fingerprint density at radius 1 is 1.23 bits per heavy atom. The van der Waals surface area contributed by atoms with Gasteiger partial charge in [-0.05, 0) is 49.2 Å². The number of nitrogens with zero attached hydrogens (tertiary/aromatic N) is 3. The van der Waals surface area contributed by atoms with E-state index in [4.69, 9.17) is 4.42 Å². The number of pyridine rings is 3. The largest absolute Gasteiger partial charge is 0.469 e. The molecule has 0 atom stereocenters. The van der Waals surface area contributed by atoms with Crippen molar-refractivity contribution in [1.29, 1.82) is 0 Å². The van der Waals surface area contributed by atoms with Crippen LogP contribution in [-0.2, 0) is 13.0 Å². The first kappa shape index (κ1) is 19.6. The molecule has 4 aromatic rings. The van der Waals surface area contributed by atoms with E-state index in [0.29, 0.717) is 35.2 Å². The van der Waals surface area contributed by atoms with Crippen molar-refractivity contribution in [2.24, 2.45) is 0 Å². The molecular formula is C23H22N4O3. The van der Waals surface area contributed by atoms with Crippen molar-refractivity contribution >= 4 is 16.8 Å². The van der Waals surface area contributed by atoms with E-state index in [1.807, 2.05) is 24.3 Å². The highest BCUT2D eigenvalue weighted by Crippen LogP contribution is 2.14. The zero-order valence-corrected chi connectivity index (χ0v) is 16.7. The van der Waals surface area contributed by atoms with Gasteiger partial charge in [-0.25, -0.2) is 0 Å². The molecule has 30 heavy (non-hydrogen) atoms. The van der Waals surface area contributed by atoms with Gasteiger partial charge in [-0.2, -0.15) is 0 Å². The lowest BCUT2D eigenvalue weighted by Crippen LogP contribution is -2.27. The van der Waals surface area contributed by atoms with Crippen molar-refractivity contribution < 1.29 is 9.21 Å². The molecule has 0 aromatic carbocycles. The van der Waals surface area contributed by atoms with Gasteiger partial charge in [0.05, 0.1) is 35.0 Å². The third kappa shape index (κ3) is 4.30. The quantitative estimate of drug-likeness (QED) is 0.480. The smallest absolute Gasteiger partial charge is 0.260 e. The van der Waals surface area contributed by atoms with E-state index < -0.39 is 0 Å². The van der Waals surface area contributed by atoms with Crippen molar-refractivity contribution in [1.82, 2.24) is 19.9 Å². The molecule has 1 amide bonds. The van der Waals surface area contributed by atoms with Crippen LogP contribution in [0.3, 0.4) is 0 Å². The number of rotatable bonds is 7. The minimum Gasteiger partial charge on any atom is -0.469 e. The fraction of sp³-hybridized carbons (Fsp3) is 0.217. The maximum absolute atomic E-state index is 13.0. The van der Waals surface area contributed by atoms with Crippen LogP contribution in [0.1, 0.15) is 33.8 Å². The summed E-state index contributed by atoms with van der Waals surface area (Å²) < 4.78 is 6.89. The highest BCUT2D eigenvalue weighted by atomic mass is 16.3. The lowest BCUT2D eigenvalue weighted by Gasteiger charge is -2.10. The molecule has 0 aliphatic rings. The number of hydrogen-bond acceptors (Lipinski definition) is 5. The summed E-state index contributed by atoms with van der Waals surface area (Å²) in [5.41, 5.74) is 2.32. The van der Waals surface area contributed by atoms with Gasteiger partial charge in [0.15, 0.2) is 0 Å². The number of carbonyl (C=O) groups excluding carboxylic acids is 1. The number of nitrogens with one attached hydrogen (secondary N) is 1. The second-order valence-corrected chi connectivity index (χ2v) is 7.10. The number of aromatic nitrogens is 3. The van der Waals surface area contributed by atoms with Gasteiger partial charge in [0, 0.05) is 31.6 Å². The first-order valence-electron chi connectivity index (χ1n) is 9.82. The van der Waals surface area contributed by atoms with Crippen molar-refractivity contribution in [3.05, 3.63) is 94.2 Å². The summed E-state index contributed by atoms with van der Waals surface area (Å²) in [5, 5.41) is 3.33. The molecule has 7 heteroatoms. The van der Waals surface area contributed by atoms with Crippen molar-refractivity contribution in [2.45, 2.75) is 26.3 Å². The Hall–Kier alpha value is -3.74. The highest BCUT2D eigenvalue weighted by molar-refractivity contribution is 5.98. The first-order chi connectivity index (χ1) is 14.6. The lowest BCUT2D eigenvalue weighted by molar-refractivity contribution is 0.0952. The second-order valence-electron chi connectivity index (χ2n) is 7.10. The molecule has 0 fully saturated rings. The topological polar surface area (TPSA) is 90.0 Å². The Labute approximate surface area is 173 Å². The molecule has 0 saturated carbocycles. The maximum atomic E-state index is 13.0. The molecule has 0 saturated heterocycles. The zero-order chi connectivity index (χ0) is 20.9. The molecule has 4 aromatic heterocycles. The van der Waals surface area contributed by atoms with E-state index in [0.717, 1.165) is 24.2 Å². The van der Waals surface area contributed by atoms with Crippen LogP contribution < -0.4 is 10.9 Å². The minimum absolute atomic E-state index is 0.185. The maximum Gasteiger partial charge on any atom is 0.260 e. The Bertz CT molecular complexity index is 1210. The number of furan rings is 1. The average Bonchev–Trinajstić information content (AvgIpc) is 3.27. The van der Waals surface area contributed by atoms with Crippen LogP contribution in [0.5, 0.6) is 0 Å². The SMILES string of the molecule is Cc1nc2ccn(Cc3cccnc3)c(=O)c2cc1C(=O)NCCCc1ccco1. The van der Waals surface area contributed by atoms with Crippen molar-refractivity contribution in [3.63, 3.8) is 0 Å². The van der Waals surface area contributed by atoms with Gasteiger partial charge in [0.25, 0.3) is 11.5 Å². The fourth-order valence-electron chi connectivity index (χ4n) is 3.36. The Balaban J connectivity index is 1.52. The monoisotopic (exact) mass is 402 g/mol. The zero-order valence-electron chi connectivity index (χ0n) is 16.7. The summed E-state index contributed by atoms with van der Waals surface area (Å²) >= 11 is 0. The van der Waals surface area contributed by atoms with Crippen LogP contribution >= 0.6 is 0 Å². The number of fused-ring (bicyclic) bond motifs is 1. The highest BCUT2D eigenvalue weighted by Gasteiger charge is 2.14. The van der Waals surface area contributed by atoms with Gasteiger partial charge >= 0.3 is 0 Å². The van der Waals surface area contributed by atoms with E-state index in [-0.39, 0.29) is 11.5 Å². The van der Waals surface area contributed by atoms with Crippen LogP contribution in [0.15, 0.2) is 70.5 Å². The number of hydrogen-bond donors (Lipinski definition) is 1. The lowest BCUT2D eigenvalue weighted by atomic mass is 10.1. The third-order valence-corrected chi connectivity index (χ3v) is 4.93. The summed E-state index contributed by atoms with van der Waals surface area (Å²) in [6, 6.07) is 10.9. The molecule has 0 unspecified atom stereocenters. The van der Waals surface area contributed by atoms with E-state index >= 15 is 0 Å². The molecule has 7 nitrogen and oxygen atoms in total. The summed E-state index contributed by atoms with van der Waals surface area (Å²) in [6.07, 6.45) is 8.29. The van der Waals surface area contributed by atoms with Gasteiger partial charge < -0.3 is 14.3 Å². The van der Waals surface area contributed by atoms with Crippen LogP contribution in [-0.4, -0.2) is 27.0 Å². The third-order valence-electron chi connectivity index (χ3n) is 4.93. The molecular weight excluding hydrogens is 380 g/mol. The Morgan fingerprint density at radius 3 is 2.90 bits per heavy atom. The van der Waals surface area contributed by atoms with Gasteiger partial charge in [-0.15, -0.1) is 0 Å². The Kier molecular flexibility index (Phi) is 5.70. The van der Waals surface area contributed by atoms with Gasteiger partial charge in [0.2, 0.25) is 0 Å². The van der Waals surface area contributed by atoms with E-state index in [1.54, 1.807) is 48.5 Å². The van der Waals surface area contributed by atoms with E-state index in [2.05, 4.69) is 15.3 Å². The van der Waals surface area contributed by atoms with Crippen LogP contribution in [0.25, 0.3) is 10.9 Å². The molecule has 0 bridgehead atoms. The molecule has 0 aliphatic heterocycles. The summed E-state index contributed by atoms with van der Waals surface area (Å²) in [7, 11) is 0. The first-order valence-corrected chi connectivity index (χ1v) is 9.82. The number of amides is 1. The van der Waals surface area contributed by atoms with Crippen LogP contribution in [0.2, 0.25) is 0 Å². The van der Waals surface area contributed by atoms with Crippen molar-refractivity contribution in [2.75, 3.05) is 6.54 Å². The molecule has 1 N–H and O–H groups in total. The Morgan fingerprint density at radius 2 is 2.13 bits per heavy atom. The summed E-state index contributed by atoms with van der Waals surface area (Å²) in [6.45, 7) is 2.69. The van der Waals surface area contributed by atoms with Gasteiger partial charge in [-0.3, -0.25) is 19.6 Å². The normalized spacial score (nSPS) is 11.0. The molecule has 152 valence electrons. The molecule has 0 aliphatic carbocycles. The average molecular weight is 402 g/mol. The van der Waals surface area contributed by atoms with E-state index in [1.165, 1.54) is 0 Å². The molecule has 0 radical (unpaired) electrons. The van der Waals surface area contributed by atoms with Gasteiger partial charge in [-0.1, -0.05) is 6.07 Å². The standard InChI is InChI=1S/C23H22N4O3/c1-16-19(22(28)25-10-3-6-18-7-4-12-30-18)13-20-21(26-16)8-11-27(23(20)29)15-17-5-2-9-24-14-17/h2,4-5,7-9,11-14H,3,6,10,15H2,1H3,(H,25,28). The second kappa shape index (κ2) is 8.73. The minimum atomic E-state index is -0.233. The predicted octanol–water partition coefficient (Wildman–Crippen LogP) is 3.10. The fourth-order valence-corrected chi connectivity index (χ4v) is 3.36. The predicted molar refractivity (Wildman–Crippen MR) is 113 cm³/mol. The van der Waals surface area contributed by atoms with E-state index in [9.17, 15) is 9.59 Å². The summed E-state index contributed by atoms with van der Waals surface area (Å²) in [4.78, 5) is 34.2. The molecule has 4 rings (SSSR count). The summed E-state index contributed by atoms with van der Waals surface area (Å²) in [5.74, 6) is 0.658. The van der Waals surface area contributed by atoms with Crippen LogP contribution in [0, 0.1) is 6.92 Å². The van der Waals surface area contributed by atoms with Crippen molar-refractivity contribution in [3.8, 4) is 0 Å². The number of aryl methyl sites for hydroxylation is 2. The van der Waals surface area contributed by atoms with Gasteiger partial charge in [0.1, 0.15) is 5.76 Å².